The van der Waals surface area contributed by atoms with Crippen LogP contribution >= 0.6 is 11.6 Å². The number of pyridine rings is 1. The molecule has 0 amide bonds. The van der Waals surface area contributed by atoms with Crippen molar-refractivity contribution in [2.45, 2.75) is 25.3 Å². The van der Waals surface area contributed by atoms with Crippen LogP contribution in [0.5, 0.6) is 0 Å². The Morgan fingerprint density at radius 3 is 2.71 bits per heavy atom. The first kappa shape index (κ1) is 15.7. The maximum absolute atomic E-state index is 12.3. The van der Waals surface area contributed by atoms with Crippen LogP contribution in [-0.2, 0) is 16.6 Å². The van der Waals surface area contributed by atoms with Crippen LogP contribution in [0.25, 0.3) is 0 Å². The Morgan fingerprint density at radius 2 is 2.10 bits per heavy atom. The molecule has 0 spiro atoms. The molecule has 0 saturated carbocycles. The van der Waals surface area contributed by atoms with Gasteiger partial charge in [0.15, 0.2) is 5.82 Å². The number of nitrogens with zero attached hydrogens (tertiary/aromatic N) is 3. The highest BCUT2D eigenvalue weighted by Gasteiger charge is 2.20. The van der Waals surface area contributed by atoms with Crippen LogP contribution in [0, 0.1) is 13.8 Å². The fourth-order valence-corrected chi connectivity index (χ4v) is 3.29. The summed E-state index contributed by atoms with van der Waals surface area (Å²) in [6, 6.07) is 4.53. The summed E-state index contributed by atoms with van der Waals surface area (Å²) in [5, 5.41) is 12.9. The molecule has 2 aromatic heterocycles. The zero-order valence-electron chi connectivity index (χ0n) is 11.5. The van der Waals surface area contributed by atoms with Crippen LogP contribution in [0.3, 0.4) is 0 Å². The second kappa shape index (κ2) is 6.00. The highest BCUT2D eigenvalue weighted by molar-refractivity contribution is 7.92. The molecule has 0 aliphatic carbocycles. The standard InChI is InChI=1S/C12H15ClN4O3S/c1-8-3-4-10(12(13)14-8)21(19,20)16-11-7-9(2)17(15-11)5-6-18/h3-4,7,18H,5-6H2,1-2H3,(H,15,16). The normalized spacial score (nSPS) is 11.6. The Balaban J connectivity index is 2.31. The van der Waals surface area contributed by atoms with E-state index in [0.29, 0.717) is 12.2 Å². The minimum atomic E-state index is -3.86. The van der Waals surface area contributed by atoms with E-state index in [4.69, 9.17) is 16.7 Å². The predicted octanol–water partition coefficient (Wildman–Crippen LogP) is 1.34. The third kappa shape index (κ3) is 3.52. The van der Waals surface area contributed by atoms with Crippen LogP contribution in [0.1, 0.15) is 11.4 Å². The first-order valence-corrected chi connectivity index (χ1v) is 8.01. The molecule has 114 valence electrons. The molecule has 2 heterocycles. The van der Waals surface area contributed by atoms with Crippen molar-refractivity contribution in [1.82, 2.24) is 14.8 Å². The van der Waals surface area contributed by atoms with E-state index in [0.717, 1.165) is 5.69 Å². The predicted molar refractivity (Wildman–Crippen MR) is 78.8 cm³/mol. The van der Waals surface area contributed by atoms with Crippen LogP contribution in [0.4, 0.5) is 5.82 Å². The molecular formula is C12H15ClN4O3S. The van der Waals surface area contributed by atoms with E-state index in [1.54, 1.807) is 26.0 Å². The zero-order valence-corrected chi connectivity index (χ0v) is 13.1. The van der Waals surface area contributed by atoms with Crippen molar-refractivity contribution in [1.29, 1.82) is 0 Å². The number of halogens is 1. The van der Waals surface area contributed by atoms with Gasteiger partial charge in [-0.25, -0.2) is 13.4 Å². The lowest BCUT2D eigenvalue weighted by Crippen LogP contribution is -2.15. The van der Waals surface area contributed by atoms with E-state index >= 15 is 0 Å². The van der Waals surface area contributed by atoms with Crippen molar-refractivity contribution in [3.8, 4) is 0 Å². The fourth-order valence-electron chi connectivity index (χ4n) is 1.79. The van der Waals surface area contributed by atoms with Gasteiger partial charge in [-0.3, -0.25) is 9.40 Å². The van der Waals surface area contributed by atoms with Gasteiger partial charge in [-0.1, -0.05) is 11.6 Å². The number of anilines is 1. The van der Waals surface area contributed by atoms with Crippen molar-refractivity contribution < 1.29 is 13.5 Å². The molecule has 2 N–H and O–H groups in total. The number of aliphatic hydroxyl groups excluding tert-OH is 1. The van der Waals surface area contributed by atoms with Crippen molar-refractivity contribution in [3.63, 3.8) is 0 Å². The summed E-state index contributed by atoms with van der Waals surface area (Å²) in [5.74, 6) is 0.164. The Hall–Kier alpha value is -1.64. The number of hydrogen-bond donors (Lipinski definition) is 2. The third-order valence-electron chi connectivity index (χ3n) is 2.78. The lowest BCUT2D eigenvalue weighted by molar-refractivity contribution is 0.268. The minimum absolute atomic E-state index is 0.0809. The Labute approximate surface area is 127 Å². The van der Waals surface area contributed by atoms with Gasteiger partial charge in [0.25, 0.3) is 10.0 Å². The van der Waals surface area contributed by atoms with Gasteiger partial charge in [0.2, 0.25) is 0 Å². The van der Waals surface area contributed by atoms with Crippen molar-refractivity contribution >= 4 is 27.4 Å². The smallest absolute Gasteiger partial charge is 0.266 e. The van der Waals surface area contributed by atoms with Gasteiger partial charge >= 0.3 is 0 Å². The number of aromatic nitrogens is 3. The van der Waals surface area contributed by atoms with Crippen molar-refractivity contribution in [2.75, 3.05) is 11.3 Å². The third-order valence-corrected chi connectivity index (χ3v) is 4.56. The molecule has 9 heteroatoms. The number of rotatable bonds is 5. The van der Waals surface area contributed by atoms with E-state index in [2.05, 4.69) is 14.8 Å². The van der Waals surface area contributed by atoms with Gasteiger partial charge in [-0.15, -0.1) is 0 Å². The van der Waals surface area contributed by atoms with E-state index in [-0.39, 0.29) is 22.5 Å². The van der Waals surface area contributed by atoms with Gasteiger partial charge in [0, 0.05) is 17.5 Å². The second-order valence-electron chi connectivity index (χ2n) is 4.46. The monoisotopic (exact) mass is 330 g/mol. The molecule has 0 atom stereocenters. The molecule has 0 bridgehead atoms. The highest BCUT2D eigenvalue weighted by Crippen LogP contribution is 2.22. The largest absolute Gasteiger partial charge is 0.394 e. The van der Waals surface area contributed by atoms with E-state index in [1.807, 2.05) is 0 Å². The molecular weight excluding hydrogens is 316 g/mol. The quantitative estimate of drug-likeness (QED) is 0.806. The fraction of sp³-hybridized carbons (Fsp3) is 0.333. The lowest BCUT2D eigenvalue weighted by Gasteiger charge is -2.07. The number of sulfonamides is 1. The Morgan fingerprint density at radius 1 is 1.38 bits per heavy atom. The molecule has 0 radical (unpaired) electrons. The summed E-state index contributed by atoms with van der Waals surface area (Å²) in [7, 11) is -3.86. The van der Waals surface area contributed by atoms with Crippen LogP contribution < -0.4 is 4.72 Å². The van der Waals surface area contributed by atoms with Crippen molar-refractivity contribution in [3.05, 3.63) is 34.7 Å². The van der Waals surface area contributed by atoms with Crippen LogP contribution in [-0.4, -0.2) is 34.9 Å². The number of hydrogen-bond acceptors (Lipinski definition) is 5. The summed E-state index contributed by atoms with van der Waals surface area (Å²) in [5.41, 5.74) is 1.36. The second-order valence-corrected chi connectivity index (χ2v) is 6.47. The maximum Gasteiger partial charge on any atom is 0.266 e. The highest BCUT2D eigenvalue weighted by atomic mass is 35.5. The lowest BCUT2D eigenvalue weighted by atomic mass is 10.4. The molecule has 0 aromatic carbocycles. The molecule has 0 aliphatic heterocycles. The van der Waals surface area contributed by atoms with Gasteiger partial charge in [0.05, 0.1) is 13.2 Å². The van der Waals surface area contributed by atoms with Gasteiger partial charge in [0.1, 0.15) is 10.0 Å². The summed E-state index contributed by atoms with van der Waals surface area (Å²) >= 11 is 5.88. The summed E-state index contributed by atoms with van der Waals surface area (Å²) in [4.78, 5) is 3.81. The molecule has 0 fully saturated rings. The minimum Gasteiger partial charge on any atom is -0.394 e. The summed E-state index contributed by atoms with van der Waals surface area (Å²) < 4.78 is 28.4. The number of aliphatic hydroxyl groups is 1. The molecule has 2 rings (SSSR count). The van der Waals surface area contributed by atoms with Crippen LogP contribution in [0.15, 0.2) is 23.1 Å². The average molecular weight is 331 g/mol. The molecule has 2 aromatic rings. The SMILES string of the molecule is Cc1ccc(S(=O)(=O)Nc2cc(C)n(CCO)n2)c(Cl)n1. The van der Waals surface area contributed by atoms with Gasteiger partial charge in [-0.05, 0) is 26.0 Å². The number of nitrogens with one attached hydrogen (secondary N) is 1. The molecule has 0 saturated heterocycles. The first-order chi connectivity index (χ1) is 9.83. The van der Waals surface area contributed by atoms with E-state index in [9.17, 15) is 8.42 Å². The molecule has 0 aliphatic rings. The Kier molecular flexibility index (Phi) is 4.50. The molecule has 7 nitrogen and oxygen atoms in total. The van der Waals surface area contributed by atoms with Gasteiger partial charge in [-0.2, -0.15) is 5.10 Å². The van der Waals surface area contributed by atoms with E-state index in [1.165, 1.54) is 10.7 Å². The zero-order chi connectivity index (χ0) is 15.6. The Bertz CT molecular complexity index is 758. The van der Waals surface area contributed by atoms with E-state index < -0.39 is 10.0 Å². The van der Waals surface area contributed by atoms with Gasteiger partial charge < -0.3 is 5.11 Å². The number of aryl methyl sites for hydroxylation is 2. The maximum atomic E-state index is 12.3. The summed E-state index contributed by atoms with van der Waals surface area (Å²) in [6.45, 7) is 3.69. The first-order valence-electron chi connectivity index (χ1n) is 6.15. The summed E-state index contributed by atoms with van der Waals surface area (Å²) in [6.07, 6.45) is 0. The van der Waals surface area contributed by atoms with Crippen molar-refractivity contribution in [2.24, 2.45) is 0 Å². The molecule has 0 unspecified atom stereocenters. The average Bonchev–Trinajstić information content (AvgIpc) is 2.68. The molecule has 21 heavy (non-hydrogen) atoms. The van der Waals surface area contributed by atoms with Crippen LogP contribution in [0.2, 0.25) is 5.15 Å². The topological polar surface area (TPSA) is 97.1 Å².